The van der Waals surface area contributed by atoms with Crippen molar-refractivity contribution in [2.24, 2.45) is 11.7 Å². The Balaban J connectivity index is 1.94. The zero-order chi connectivity index (χ0) is 10.0. The SMILES string of the molecule is CC1(C2CCSCC2)OCC(CN)O1. The van der Waals surface area contributed by atoms with Gasteiger partial charge in [-0.2, -0.15) is 11.8 Å². The Bertz CT molecular complexity index is 197. The van der Waals surface area contributed by atoms with Crippen molar-refractivity contribution in [2.75, 3.05) is 24.7 Å². The van der Waals surface area contributed by atoms with Gasteiger partial charge < -0.3 is 15.2 Å². The second kappa shape index (κ2) is 4.39. The van der Waals surface area contributed by atoms with Crippen LogP contribution >= 0.6 is 11.8 Å². The molecule has 0 aromatic rings. The third-order valence-corrected chi connectivity index (χ3v) is 4.23. The molecule has 0 bridgehead atoms. The van der Waals surface area contributed by atoms with Gasteiger partial charge in [-0.15, -0.1) is 0 Å². The maximum absolute atomic E-state index is 5.88. The van der Waals surface area contributed by atoms with Gasteiger partial charge in [-0.1, -0.05) is 0 Å². The zero-order valence-electron chi connectivity index (χ0n) is 8.70. The average Bonchev–Trinajstić information content (AvgIpc) is 2.63. The van der Waals surface area contributed by atoms with E-state index in [9.17, 15) is 0 Å². The molecule has 0 spiro atoms. The van der Waals surface area contributed by atoms with Crippen molar-refractivity contribution in [1.82, 2.24) is 0 Å². The molecule has 82 valence electrons. The molecular formula is C10H19NO2S. The Morgan fingerprint density at radius 2 is 2.14 bits per heavy atom. The minimum atomic E-state index is -0.356. The molecule has 4 heteroatoms. The molecule has 3 nitrogen and oxygen atoms in total. The van der Waals surface area contributed by atoms with Gasteiger partial charge in [0.25, 0.3) is 0 Å². The van der Waals surface area contributed by atoms with Gasteiger partial charge >= 0.3 is 0 Å². The van der Waals surface area contributed by atoms with Crippen LogP contribution in [-0.2, 0) is 9.47 Å². The number of hydrogen-bond acceptors (Lipinski definition) is 4. The Morgan fingerprint density at radius 1 is 1.43 bits per heavy atom. The lowest BCUT2D eigenvalue weighted by atomic mass is 9.94. The molecular weight excluding hydrogens is 198 g/mol. The highest BCUT2D eigenvalue weighted by Crippen LogP contribution is 2.38. The van der Waals surface area contributed by atoms with Crippen LogP contribution in [0.5, 0.6) is 0 Å². The van der Waals surface area contributed by atoms with Crippen molar-refractivity contribution in [3.63, 3.8) is 0 Å². The lowest BCUT2D eigenvalue weighted by Gasteiger charge is -2.35. The van der Waals surface area contributed by atoms with E-state index in [4.69, 9.17) is 15.2 Å². The van der Waals surface area contributed by atoms with Crippen LogP contribution < -0.4 is 5.73 Å². The first-order valence-electron chi connectivity index (χ1n) is 5.34. The summed E-state index contributed by atoms with van der Waals surface area (Å²) < 4.78 is 11.7. The minimum absolute atomic E-state index is 0.106. The maximum Gasteiger partial charge on any atom is 0.169 e. The molecule has 0 aliphatic carbocycles. The molecule has 2 aliphatic rings. The van der Waals surface area contributed by atoms with Crippen molar-refractivity contribution < 1.29 is 9.47 Å². The van der Waals surface area contributed by atoms with Crippen LogP contribution in [0.1, 0.15) is 19.8 Å². The van der Waals surface area contributed by atoms with Gasteiger partial charge in [0.1, 0.15) is 0 Å². The van der Waals surface area contributed by atoms with E-state index < -0.39 is 0 Å². The van der Waals surface area contributed by atoms with E-state index >= 15 is 0 Å². The monoisotopic (exact) mass is 217 g/mol. The normalized spacial score (nSPS) is 40.3. The summed E-state index contributed by atoms with van der Waals surface area (Å²) in [4.78, 5) is 0. The van der Waals surface area contributed by atoms with Crippen LogP contribution in [0.4, 0.5) is 0 Å². The molecule has 14 heavy (non-hydrogen) atoms. The molecule has 2 atom stereocenters. The molecule has 0 radical (unpaired) electrons. The zero-order valence-corrected chi connectivity index (χ0v) is 9.52. The Morgan fingerprint density at radius 3 is 2.71 bits per heavy atom. The first kappa shape index (κ1) is 10.7. The van der Waals surface area contributed by atoms with E-state index in [2.05, 4.69) is 6.92 Å². The third kappa shape index (κ3) is 2.08. The Hall–Kier alpha value is 0.230. The van der Waals surface area contributed by atoms with Crippen LogP contribution in [-0.4, -0.2) is 36.5 Å². The summed E-state index contributed by atoms with van der Waals surface area (Å²) in [6, 6.07) is 0. The fraction of sp³-hybridized carbons (Fsp3) is 1.00. The predicted octanol–water partition coefficient (Wildman–Crippen LogP) is 1.22. The molecule has 2 aliphatic heterocycles. The summed E-state index contributed by atoms with van der Waals surface area (Å²) in [5.74, 6) is 2.67. The smallest absolute Gasteiger partial charge is 0.169 e. The summed E-state index contributed by atoms with van der Waals surface area (Å²) in [6.45, 7) is 3.30. The highest BCUT2D eigenvalue weighted by atomic mass is 32.2. The summed E-state index contributed by atoms with van der Waals surface area (Å²) in [7, 11) is 0. The molecule has 2 N–H and O–H groups in total. The van der Waals surface area contributed by atoms with Crippen molar-refractivity contribution in [2.45, 2.75) is 31.7 Å². The van der Waals surface area contributed by atoms with Gasteiger partial charge in [0.15, 0.2) is 5.79 Å². The highest BCUT2D eigenvalue weighted by Gasteiger charge is 2.43. The number of nitrogens with two attached hydrogens (primary N) is 1. The van der Waals surface area contributed by atoms with Gasteiger partial charge in [-0.05, 0) is 31.3 Å². The molecule has 0 saturated carbocycles. The second-order valence-electron chi connectivity index (χ2n) is 4.19. The van der Waals surface area contributed by atoms with Crippen LogP contribution in [0.25, 0.3) is 0 Å². The van der Waals surface area contributed by atoms with E-state index in [0.717, 1.165) is 0 Å². The summed E-state index contributed by atoms with van der Waals surface area (Å²) in [5.41, 5.74) is 5.58. The molecule has 2 saturated heterocycles. The number of ether oxygens (including phenoxy) is 2. The van der Waals surface area contributed by atoms with Gasteiger partial charge in [-0.25, -0.2) is 0 Å². The van der Waals surface area contributed by atoms with Gasteiger partial charge in [0.05, 0.1) is 12.7 Å². The van der Waals surface area contributed by atoms with Crippen molar-refractivity contribution >= 4 is 11.8 Å². The highest BCUT2D eigenvalue weighted by molar-refractivity contribution is 7.99. The third-order valence-electron chi connectivity index (χ3n) is 3.18. The van der Waals surface area contributed by atoms with Crippen LogP contribution in [0.15, 0.2) is 0 Å². The predicted molar refractivity (Wildman–Crippen MR) is 58.3 cm³/mol. The first-order valence-corrected chi connectivity index (χ1v) is 6.49. The van der Waals surface area contributed by atoms with E-state index in [1.807, 2.05) is 11.8 Å². The van der Waals surface area contributed by atoms with Crippen molar-refractivity contribution in [1.29, 1.82) is 0 Å². The van der Waals surface area contributed by atoms with Crippen molar-refractivity contribution in [3.8, 4) is 0 Å². The molecule has 2 heterocycles. The molecule has 2 fully saturated rings. The Kier molecular flexibility index (Phi) is 3.37. The fourth-order valence-corrected chi connectivity index (χ4v) is 3.32. The van der Waals surface area contributed by atoms with E-state index in [1.165, 1.54) is 24.3 Å². The quantitative estimate of drug-likeness (QED) is 0.755. The summed E-state index contributed by atoms with van der Waals surface area (Å²) in [6.07, 6.45) is 2.52. The lowest BCUT2D eigenvalue weighted by molar-refractivity contribution is -0.191. The molecule has 2 rings (SSSR count). The maximum atomic E-state index is 5.88. The second-order valence-corrected chi connectivity index (χ2v) is 5.41. The van der Waals surface area contributed by atoms with Crippen LogP contribution in [0.2, 0.25) is 0 Å². The average molecular weight is 217 g/mol. The van der Waals surface area contributed by atoms with Crippen molar-refractivity contribution in [3.05, 3.63) is 0 Å². The van der Waals surface area contributed by atoms with Crippen LogP contribution in [0, 0.1) is 5.92 Å². The van der Waals surface area contributed by atoms with Crippen LogP contribution in [0.3, 0.4) is 0 Å². The van der Waals surface area contributed by atoms with E-state index in [1.54, 1.807) is 0 Å². The largest absolute Gasteiger partial charge is 0.347 e. The van der Waals surface area contributed by atoms with Gasteiger partial charge in [-0.3, -0.25) is 0 Å². The lowest BCUT2D eigenvalue weighted by Crippen LogP contribution is -2.39. The molecule has 2 unspecified atom stereocenters. The molecule has 0 aromatic heterocycles. The Labute approximate surface area is 89.7 Å². The van der Waals surface area contributed by atoms with Gasteiger partial charge in [0, 0.05) is 12.5 Å². The topological polar surface area (TPSA) is 44.5 Å². The van der Waals surface area contributed by atoms with E-state index in [-0.39, 0.29) is 11.9 Å². The first-order chi connectivity index (χ1) is 6.74. The summed E-state index contributed by atoms with van der Waals surface area (Å²) in [5, 5.41) is 0. The fourth-order valence-electron chi connectivity index (χ4n) is 2.21. The van der Waals surface area contributed by atoms with Gasteiger partial charge in [0.2, 0.25) is 0 Å². The number of hydrogen-bond donors (Lipinski definition) is 1. The summed E-state index contributed by atoms with van der Waals surface area (Å²) >= 11 is 2.03. The molecule has 0 amide bonds. The van der Waals surface area contributed by atoms with E-state index in [0.29, 0.717) is 19.1 Å². The molecule has 0 aromatic carbocycles. The number of rotatable bonds is 2. The minimum Gasteiger partial charge on any atom is -0.347 e. The standard InChI is InChI=1S/C10H19NO2S/c1-10(8-2-4-14-5-3-8)12-7-9(6-11)13-10/h8-9H,2-7,11H2,1H3. The number of thioether (sulfide) groups is 1.